The third-order valence-corrected chi connectivity index (χ3v) is 2.74. The molecule has 1 amide bonds. The summed E-state index contributed by atoms with van der Waals surface area (Å²) in [5, 5.41) is 2.68. The predicted octanol–water partition coefficient (Wildman–Crippen LogP) is 3.29. The fourth-order valence-corrected chi connectivity index (χ4v) is 1.65. The van der Waals surface area contributed by atoms with Crippen molar-refractivity contribution in [2.24, 2.45) is 5.92 Å². The van der Waals surface area contributed by atoms with Gasteiger partial charge in [-0.25, -0.2) is 0 Å². The van der Waals surface area contributed by atoms with Crippen molar-refractivity contribution >= 4 is 5.91 Å². The number of amides is 1. The number of nitrogens with one attached hydrogen (secondary N) is 1. The van der Waals surface area contributed by atoms with Gasteiger partial charge in [0.25, 0.3) is 0 Å². The number of unbranched alkanes of at least 4 members (excludes halogenated alkanes) is 5. The van der Waals surface area contributed by atoms with Gasteiger partial charge in [-0.15, -0.1) is 6.58 Å². The molecule has 0 fully saturated rings. The third kappa shape index (κ3) is 8.22. The Morgan fingerprint density at radius 1 is 1.27 bits per heavy atom. The monoisotopic (exact) mass is 211 g/mol. The Labute approximate surface area is 94.1 Å². The van der Waals surface area contributed by atoms with Crippen molar-refractivity contribution in [3.05, 3.63) is 12.7 Å². The molecule has 0 aliphatic heterocycles. The molecule has 2 nitrogen and oxygen atoms in total. The van der Waals surface area contributed by atoms with Gasteiger partial charge in [0.1, 0.15) is 0 Å². The number of allylic oxidation sites excluding steroid dienone is 1. The molecular formula is C13H25NO. The van der Waals surface area contributed by atoms with Crippen molar-refractivity contribution in [2.75, 3.05) is 7.05 Å². The molecule has 0 rings (SSSR count). The van der Waals surface area contributed by atoms with Gasteiger partial charge in [-0.1, -0.05) is 38.7 Å². The quantitative estimate of drug-likeness (QED) is 0.460. The summed E-state index contributed by atoms with van der Waals surface area (Å²) >= 11 is 0. The molecule has 2 heteroatoms. The largest absolute Gasteiger partial charge is 0.359 e. The molecule has 0 aliphatic rings. The van der Waals surface area contributed by atoms with Crippen LogP contribution in [0.25, 0.3) is 0 Å². The van der Waals surface area contributed by atoms with Gasteiger partial charge in [0.2, 0.25) is 5.91 Å². The molecule has 0 saturated heterocycles. The molecule has 1 N–H and O–H groups in total. The summed E-state index contributed by atoms with van der Waals surface area (Å²) in [6.07, 6.45) is 10.4. The van der Waals surface area contributed by atoms with Crippen LogP contribution in [0.5, 0.6) is 0 Å². The van der Waals surface area contributed by atoms with Crippen LogP contribution in [0.3, 0.4) is 0 Å². The van der Waals surface area contributed by atoms with Gasteiger partial charge in [0.15, 0.2) is 0 Å². The van der Waals surface area contributed by atoms with Crippen molar-refractivity contribution in [3.63, 3.8) is 0 Å². The summed E-state index contributed by atoms with van der Waals surface area (Å²) in [6, 6.07) is 0. The van der Waals surface area contributed by atoms with Crippen LogP contribution in [0, 0.1) is 5.92 Å². The Bertz CT molecular complexity index is 177. The minimum atomic E-state index is 0.168. The first kappa shape index (κ1) is 14.2. The molecule has 1 unspecified atom stereocenters. The van der Waals surface area contributed by atoms with Crippen LogP contribution in [0.1, 0.15) is 51.9 Å². The maximum Gasteiger partial charge on any atom is 0.222 e. The lowest BCUT2D eigenvalue weighted by Gasteiger charge is -2.08. The van der Waals surface area contributed by atoms with E-state index in [1.54, 1.807) is 7.05 Å². The Hall–Kier alpha value is -0.790. The summed E-state index contributed by atoms with van der Waals surface area (Å²) in [5.74, 6) is 0.338. The van der Waals surface area contributed by atoms with E-state index in [1.165, 1.54) is 32.1 Å². The highest BCUT2D eigenvalue weighted by Crippen LogP contribution is 2.12. The fraction of sp³-hybridized carbons (Fsp3) is 0.769. The van der Waals surface area contributed by atoms with Crippen LogP contribution in [-0.4, -0.2) is 13.0 Å². The maximum atomic E-state index is 11.2. The average Bonchev–Trinajstić information content (AvgIpc) is 2.26. The van der Waals surface area contributed by atoms with E-state index in [2.05, 4.69) is 11.9 Å². The zero-order valence-corrected chi connectivity index (χ0v) is 10.2. The molecule has 15 heavy (non-hydrogen) atoms. The van der Waals surface area contributed by atoms with Gasteiger partial charge in [-0.2, -0.15) is 0 Å². The van der Waals surface area contributed by atoms with Crippen LogP contribution in [-0.2, 0) is 4.79 Å². The first-order valence-corrected chi connectivity index (χ1v) is 6.04. The molecule has 0 spiro atoms. The van der Waals surface area contributed by atoms with Gasteiger partial charge >= 0.3 is 0 Å². The van der Waals surface area contributed by atoms with Crippen molar-refractivity contribution in [1.29, 1.82) is 0 Å². The van der Waals surface area contributed by atoms with Gasteiger partial charge in [0.05, 0.1) is 0 Å². The van der Waals surface area contributed by atoms with Gasteiger partial charge in [-0.05, 0) is 19.3 Å². The Morgan fingerprint density at radius 2 is 1.87 bits per heavy atom. The Balaban J connectivity index is 3.23. The predicted molar refractivity (Wildman–Crippen MR) is 65.7 cm³/mol. The van der Waals surface area contributed by atoms with E-state index in [4.69, 9.17) is 0 Å². The second-order valence-electron chi connectivity index (χ2n) is 4.15. The molecule has 0 aromatic rings. The van der Waals surface area contributed by atoms with E-state index in [9.17, 15) is 4.79 Å². The number of hydrogen-bond acceptors (Lipinski definition) is 1. The van der Waals surface area contributed by atoms with Crippen LogP contribution in [0.4, 0.5) is 0 Å². The van der Waals surface area contributed by atoms with Crippen LogP contribution >= 0.6 is 0 Å². The standard InChI is InChI=1S/C13H25NO/c1-4-5-6-7-8-9-10-11-12(2)13(15)14-3/h4,12H,1,5-11H2,2-3H3,(H,14,15). The van der Waals surface area contributed by atoms with Crippen molar-refractivity contribution in [3.8, 4) is 0 Å². The highest BCUT2D eigenvalue weighted by atomic mass is 16.1. The first-order chi connectivity index (χ1) is 7.22. The van der Waals surface area contributed by atoms with E-state index >= 15 is 0 Å². The van der Waals surface area contributed by atoms with Crippen LogP contribution < -0.4 is 5.32 Å². The normalized spacial score (nSPS) is 12.1. The molecule has 0 saturated carbocycles. The zero-order chi connectivity index (χ0) is 11.5. The Kier molecular flexibility index (Phi) is 9.24. The summed E-state index contributed by atoms with van der Waals surface area (Å²) in [5.41, 5.74) is 0. The van der Waals surface area contributed by atoms with Gasteiger partial charge in [-0.3, -0.25) is 4.79 Å². The van der Waals surface area contributed by atoms with Crippen molar-refractivity contribution < 1.29 is 4.79 Å². The molecule has 0 aromatic carbocycles. The molecule has 0 aromatic heterocycles. The second kappa shape index (κ2) is 9.75. The Morgan fingerprint density at radius 3 is 2.47 bits per heavy atom. The number of carbonyl (C=O) groups excluding carboxylic acids is 1. The minimum Gasteiger partial charge on any atom is -0.359 e. The summed E-state index contributed by atoms with van der Waals surface area (Å²) in [6.45, 7) is 5.70. The lowest BCUT2D eigenvalue weighted by Crippen LogP contribution is -2.25. The molecule has 0 radical (unpaired) electrons. The number of carbonyl (C=O) groups is 1. The highest BCUT2D eigenvalue weighted by molar-refractivity contribution is 5.77. The lowest BCUT2D eigenvalue weighted by atomic mass is 10.0. The molecule has 0 aliphatic carbocycles. The van der Waals surface area contributed by atoms with Crippen molar-refractivity contribution in [2.45, 2.75) is 51.9 Å². The van der Waals surface area contributed by atoms with Gasteiger partial charge < -0.3 is 5.32 Å². The summed E-state index contributed by atoms with van der Waals surface area (Å²) in [7, 11) is 1.70. The molecule has 88 valence electrons. The van der Waals surface area contributed by atoms with E-state index < -0.39 is 0 Å². The summed E-state index contributed by atoms with van der Waals surface area (Å²) in [4.78, 5) is 11.2. The molecule has 1 atom stereocenters. The topological polar surface area (TPSA) is 29.1 Å². The average molecular weight is 211 g/mol. The third-order valence-electron chi connectivity index (χ3n) is 2.74. The van der Waals surface area contributed by atoms with Crippen molar-refractivity contribution in [1.82, 2.24) is 5.32 Å². The van der Waals surface area contributed by atoms with Gasteiger partial charge in [0, 0.05) is 13.0 Å². The van der Waals surface area contributed by atoms with E-state index in [1.807, 2.05) is 13.0 Å². The zero-order valence-electron chi connectivity index (χ0n) is 10.2. The van der Waals surface area contributed by atoms with E-state index in [-0.39, 0.29) is 11.8 Å². The lowest BCUT2D eigenvalue weighted by molar-refractivity contribution is -0.124. The number of hydrogen-bond donors (Lipinski definition) is 1. The first-order valence-electron chi connectivity index (χ1n) is 6.04. The van der Waals surface area contributed by atoms with E-state index in [0.29, 0.717) is 0 Å². The molecule has 0 heterocycles. The van der Waals surface area contributed by atoms with Crippen LogP contribution in [0.15, 0.2) is 12.7 Å². The van der Waals surface area contributed by atoms with E-state index in [0.717, 1.165) is 12.8 Å². The molecular weight excluding hydrogens is 186 g/mol. The minimum absolute atomic E-state index is 0.168. The second-order valence-corrected chi connectivity index (χ2v) is 4.15. The molecule has 0 bridgehead atoms. The maximum absolute atomic E-state index is 11.2. The summed E-state index contributed by atoms with van der Waals surface area (Å²) < 4.78 is 0. The van der Waals surface area contributed by atoms with Crippen LogP contribution in [0.2, 0.25) is 0 Å². The highest BCUT2D eigenvalue weighted by Gasteiger charge is 2.09. The fourth-order valence-electron chi connectivity index (χ4n) is 1.65. The SMILES string of the molecule is C=CCCCCCCCC(C)C(=O)NC. The number of rotatable bonds is 9. The smallest absolute Gasteiger partial charge is 0.222 e.